The van der Waals surface area contributed by atoms with E-state index >= 15 is 0 Å². The lowest BCUT2D eigenvalue weighted by Gasteiger charge is -2.43. The quantitative estimate of drug-likeness (QED) is 0.557. The lowest BCUT2D eigenvalue weighted by atomic mass is 9.68. The maximum Gasteiger partial charge on any atom is 0.269 e. The van der Waals surface area contributed by atoms with E-state index in [1.807, 2.05) is 13.8 Å². The van der Waals surface area contributed by atoms with Gasteiger partial charge in [-0.05, 0) is 41.7 Å². The van der Waals surface area contributed by atoms with Gasteiger partial charge in [-0.25, -0.2) is 4.39 Å². The minimum absolute atomic E-state index is 0.0766. The highest BCUT2D eigenvalue weighted by atomic mass is 19.1. The van der Waals surface area contributed by atoms with Gasteiger partial charge in [-0.1, -0.05) is 26.0 Å². The second-order valence-electron chi connectivity index (χ2n) is 8.81. The molecule has 1 heterocycles. The number of nitriles is 1. The fourth-order valence-electron chi connectivity index (χ4n) is 4.52. The van der Waals surface area contributed by atoms with Crippen molar-refractivity contribution < 1.29 is 14.1 Å². The molecule has 162 valence electrons. The van der Waals surface area contributed by atoms with Crippen molar-refractivity contribution in [3.05, 3.63) is 92.7 Å². The SMILES string of the molecule is CC1(C)CC(=O)C2=C(C1)N(c1ccc([N+](=O)[O-])cc1)C(N)=C(C#N)[C@@H]2c1ccc(F)cc1. The number of carbonyl (C=O) groups excluding carboxylic acids is 1. The van der Waals surface area contributed by atoms with Gasteiger partial charge in [-0.15, -0.1) is 0 Å². The Hall–Kier alpha value is -3.99. The molecule has 1 aliphatic heterocycles. The first-order chi connectivity index (χ1) is 15.1. The number of nitro groups is 1. The van der Waals surface area contributed by atoms with Crippen molar-refractivity contribution in [3.63, 3.8) is 0 Å². The van der Waals surface area contributed by atoms with Crippen LogP contribution in [-0.4, -0.2) is 10.7 Å². The number of allylic oxidation sites excluding steroid dienone is 3. The van der Waals surface area contributed by atoms with Gasteiger partial charge in [-0.2, -0.15) is 5.26 Å². The fourth-order valence-corrected chi connectivity index (χ4v) is 4.52. The Morgan fingerprint density at radius 1 is 1.16 bits per heavy atom. The third kappa shape index (κ3) is 3.52. The molecule has 2 aliphatic rings. The van der Waals surface area contributed by atoms with Crippen molar-refractivity contribution in [1.29, 1.82) is 5.26 Å². The molecular formula is C24H21FN4O3. The van der Waals surface area contributed by atoms with Gasteiger partial charge in [0, 0.05) is 35.5 Å². The molecule has 0 saturated carbocycles. The van der Waals surface area contributed by atoms with Crippen molar-refractivity contribution in [2.75, 3.05) is 4.90 Å². The van der Waals surface area contributed by atoms with Crippen LogP contribution in [0.15, 0.2) is 71.2 Å². The number of non-ortho nitro benzene ring substituents is 1. The Balaban J connectivity index is 1.96. The highest BCUT2D eigenvalue weighted by molar-refractivity contribution is 6.01. The topological polar surface area (TPSA) is 113 Å². The number of nitrogens with two attached hydrogens (primary N) is 1. The molecule has 2 aromatic carbocycles. The molecule has 1 atom stereocenters. The molecule has 0 spiro atoms. The lowest BCUT2D eigenvalue weighted by molar-refractivity contribution is -0.384. The van der Waals surface area contributed by atoms with Gasteiger partial charge in [0.15, 0.2) is 5.78 Å². The standard InChI is InChI=1S/C24H21FN4O3/c1-24(2)11-19-22(20(30)12-24)21(14-3-5-15(25)6-4-14)18(13-26)23(27)28(19)16-7-9-17(10-8-16)29(31)32/h3-10,21H,11-12,27H2,1-2H3/t21-/m0/s1. The van der Waals surface area contributed by atoms with E-state index < -0.39 is 16.7 Å². The second kappa shape index (κ2) is 7.61. The third-order valence-corrected chi connectivity index (χ3v) is 5.90. The van der Waals surface area contributed by atoms with Crippen LogP contribution in [0.4, 0.5) is 15.8 Å². The van der Waals surface area contributed by atoms with Gasteiger partial charge in [-0.3, -0.25) is 19.8 Å². The number of ketones is 1. The average molecular weight is 432 g/mol. The van der Waals surface area contributed by atoms with Crippen LogP contribution >= 0.6 is 0 Å². The summed E-state index contributed by atoms with van der Waals surface area (Å²) in [5.74, 6) is -1.07. The molecule has 0 radical (unpaired) electrons. The number of rotatable bonds is 3. The lowest BCUT2D eigenvalue weighted by Crippen LogP contribution is -2.42. The molecule has 0 aromatic heterocycles. The summed E-state index contributed by atoms with van der Waals surface area (Å²) >= 11 is 0. The first kappa shape index (κ1) is 21.2. The van der Waals surface area contributed by atoms with E-state index in [9.17, 15) is 24.6 Å². The summed E-state index contributed by atoms with van der Waals surface area (Å²) in [6.45, 7) is 3.96. The zero-order valence-electron chi connectivity index (χ0n) is 17.6. The summed E-state index contributed by atoms with van der Waals surface area (Å²) in [7, 11) is 0. The van der Waals surface area contributed by atoms with Gasteiger partial charge in [0.1, 0.15) is 11.6 Å². The van der Waals surface area contributed by atoms with Gasteiger partial charge in [0.05, 0.1) is 22.5 Å². The molecule has 0 saturated heterocycles. The normalized spacial score (nSPS) is 20.1. The first-order valence-electron chi connectivity index (χ1n) is 10.1. The van der Waals surface area contributed by atoms with Crippen LogP contribution in [0.5, 0.6) is 0 Å². The van der Waals surface area contributed by atoms with Crippen LogP contribution in [0, 0.1) is 32.7 Å². The molecular weight excluding hydrogens is 411 g/mol. The van der Waals surface area contributed by atoms with Crippen LogP contribution in [0.3, 0.4) is 0 Å². The van der Waals surface area contributed by atoms with E-state index in [4.69, 9.17) is 5.73 Å². The van der Waals surface area contributed by atoms with Crippen LogP contribution in [0.1, 0.15) is 38.2 Å². The number of Topliss-reactive ketones (excluding diaryl/α,β-unsaturated/α-hetero) is 1. The largest absolute Gasteiger partial charge is 0.384 e. The van der Waals surface area contributed by atoms with Gasteiger partial charge >= 0.3 is 0 Å². The van der Waals surface area contributed by atoms with Gasteiger partial charge < -0.3 is 5.73 Å². The van der Waals surface area contributed by atoms with Crippen molar-refractivity contribution >= 4 is 17.2 Å². The average Bonchev–Trinajstić information content (AvgIpc) is 2.73. The van der Waals surface area contributed by atoms with Crippen molar-refractivity contribution in [2.45, 2.75) is 32.6 Å². The smallest absolute Gasteiger partial charge is 0.269 e. The maximum atomic E-state index is 13.6. The molecule has 0 fully saturated rings. The molecule has 2 aromatic rings. The van der Waals surface area contributed by atoms with Gasteiger partial charge in [0.25, 0.3) is 5.69 Å². The van der Waals surface area contributed by atoms with E-state index in [1.54, 1.807) is 29.2 Å². The number of carbonyl (C=O) groups is 1. The number of nitrogens with zero attached hydrogens (tertiary/aromatic N) is 3. The Bertz CT molecular complexity index is 1220. The Kier molecular flexibility index (Phi) is 5.05. The van der Waals surface area contributed by atoms with E-state index in [-0.39, 0.29) is 28.3 Å². The van der Waals surface area contributed by atoms with Crippen molar-refractivity contribution in [1.82, 2.24) is 0 Å². The molecule has 0 bridgehead atoms. The highest BCUT2D eigenvalue weighted by Gasteiger charge is 2.44. The summed E-state index contributed by atoms with van der Waals surface area (Å²) < 4.78 is 13.6. The van der Waals surface area contributed by atoms with Crippen molar-refractivity contribution in [2.24, 2.45) is 11.1 Å². The van der Waals surface area contributed by atoms with Crippen LogP contribution < -0.4 is 10.6 Å². The Morgan fingerprint density at radius 2 is 1.78 bits per heavy atom. The van der Waals surface area contributed by atoms with Crippen LogP contribution in [-0.2, 0) is 4.79 Å². The number of halogens is 1. The number of nitro benzene ring substituents is 1. The summed E-state index contributed by atoms with van der Waals surface area (Å²) in [6, 6.07) is 13.7. The minimum atomic E-state index is -0.700. The van der Waals surface area contributed by atoms with Crippen LogP contribution in [0.25, 0.3) is 0 Å². The zero-order valence-corrected chi connectivity index (χ0v) is 17.6. The summed E-state index contributed by atoms with van der Waals surface area (Å²) in [5, 5.41) is 21.1. The molecule has 0 amide bonds. The monoisotopic (exact) mass is 432 g/mol. The predicted molar refractivity (Wildman–Crippen MR) is 117 cm³/mol. The third-order valence-electron chi connectivity index (χ3n) is 5.90. The first-order valence-corrected chi connectivity index (χ1v) is 10.1. The van der Waals surface area contributed by atoms with Crippen molar-refractivity contribution in [3.8, 4) is 6.07 Å². The molecule has 1 aliphatic carbocycles. The van der Waals surface area contributed by atoms with Crippen LogP contribution in [0.2, 0.25) is 0 Å². The van der Waals surface area contributed by atoms with E-state index in [2.05, 4.69) is 6.07 Å². The molecule has 2 N–H and O–H groups in total. The summed E-state index contributed by atoms with van der Waals surface area (Å²) in [4.78, 5) is 25.6. The zero-order chi connectivity index (χ0) is 23.2. The maximum absolute atomic E-state index is 13.6. The number of hydrogen-bond donors (Lipinski definition) is 1. The molecule has 4 rings (SSSR count). The summed E-state index contributed by atoms with van der Waals surface area (Å²) in [5.41, 5.74) is 8.50. The molecule has 7 nitrogen and oxygen atoms in total. The highest BCUT2D eigenvalue weighted by Crippen LogP contribution is 2.50. The Labute approximate surface area is 184 Å². The van der Waals surface area contributed by atoms with E-state index in [0.717, 1.165) is 0 Å². The number of benzene rings is 2. The summed E-state index contributed by atoms with van der Waals surface area (Å²) in [6.07, 6.45) is 0.818. The molecule has 8 heteroatoms. The van der Waals surface area contributed by atoms with E-state index in [1.165, 1.54) is 24.3 Å². The van der Waals surface area contributed by atoms with Gasteiger partial charge in [0.2, 0.25) is 0 Å². The second-order valence-corrected chi connectivity index (χ2v) is 8.81. The number of hydrogen-bond acceptors (Lipinski definition) is 6. The molecule has 0 unspecified atom stereocenters. The fraction of sp³-hybridized carbons (Fsp3) is 0.250. The molecule has 32 heavy (non-hydrogen) atoms. The predicted octanol–water partition coefficient (Wildman–Crippen LogP) is 4.67. The number of anilines is 1. The minimum Gasteiger partial charge on any atom is -0.384 e. The Morgan fingerprint density at radius 3 is 2.34 bits per heavy atom. The van der Waals surface area contributed by atoms with E-state index in [0.29, 0.717) is 35.4 Å².